The maximum Gasteiger partial charge on any atom is 0.221 e. The highest BCUT2D eigenvalue weighted by Crippen LogP contribution is 2.28. The van der Waals surface area contributed by atoms with Crippen molar-refractivity contribution in [3.63, 3.8) is 0 Å². The topological polar surface area (TPSA) is 34.1 Å². The van der Waals surface area contributed by atoms with Gasteiger partial charge in [0.05, 0.1) is 0 Å². The fourth-order valence-electron chi connectivity index (χ4n) is 1.65. The second-order valence-electron chi connectivity index (χ2n) is 3.65. The van der Waals surface area contributed by atoms with Crippen molar-refractivity contribution in [3.05, 3.63) is 34.9 Å². The summed E-state index contributed by atoms with van der Waals surface area (Å²) in [6, 6.07) is 8.02. The molecule has 0 spiro atoms. The Morgan fingerprint density at radius 1 is 1.29 bits per heavy atom. The summed E-state index contributed by atoms with van der Waals surface area (Å²) in [5, 5.41) is 5.38. The van der Waals surface area contributed by atoms with E-state index in [9.17, 15) is 0 Å². The highest BCUT2D eigenvalue weighted by Gasteiger charge is 2.05. The molecule has 17 heavy (non-hydrogen) atoms. The molecule has 1 heterocycles. The SMILES string of the molecule is CCNCCOc1nccc2c(Br)cccc12. The molecule has 0 saturated carbocycles. The van der Waals surface area contributed by atoms with Gasteiger partial charge in [-0.15, -0.1) is 0 Å². The van der Waals surface area contributed by atoms with Crippen LogP contribution in [-0.4, -0.2) is 24.7 Å². The average molecular weight is 295 g/mol. The van der Waals surface area contributed by atoms with Crippen LogP contribution in [0.5, 0.6) is 5.88 Å². The van der Waals surface area contributed by atoms with Gasteiger partial charge in [-0.3, -0.25) is 0 Å². The lowest BCUT2D eigenvalue weighted by Gasteiger charge is -2.08. The molecule has 0 aliphatic heterocycles. The standard InChI is InChI=1S/C13H15BrN2O/c1-2-15-8-9-17-13-11-4-3-5-12(14)10(11)6-7-16-13/h3-7,15H,2,8-9H2,1H3. The van der Waals surface area contributed by atoms with Gasteiger partial charge < -0.3 is 10.1 Å². The van der Waals surface area contributed by atoms with Crippen LogP contribution in [0.2, 0.25) is 0 Å². The van der Waals surface area contributed by atoms with Crippen LogP contribution >= 0.6 is 15.9 Å². The third-order valence-corrected chi connectivity index (χ3v) is 3.18. The van der Waals surface area contributed by atoms with E-state index in [1.165, 1.54) is 0 Å². The van der Waals surface area contributed by atoms with Crippen molar-refractivity contribution >= 4 is 26.7 Å². The van der Waals surface area contributed by atoms with E-state index in [-0.39, 0.29) is 0 Å². The van der Waals surface area contributed by atoms with Gasteiger partial charge >= 0.3 is 0 Å². The lowest BCUT2D eigenvalue weighted by atomic mass is 10.2. The van der Waals surface area contributed by atoms with Gasteiger partial charge in [0, 0.05) is 28.0 Å². The van der Waals surface area contributed by atoms with Gasteiger partial charge in [0.1, 0.15) is 6.61 Å². The van der Waals surface area contributed by atoms with Crippen LogP contribution in [0.3, 0.4) is 0 Å². The Bertz CT molecular complexity index is 502. The van der Waals surface area contributed by atoms with Crippen molar-refractivity contribution in [2.24, 2.45) is 0 Å². The highest BCUT2D eigenvalue weighted by molar-refractivity contribution is 9.10. The van der Waals surface area contributed by atoms with Crippen molar-refractivity contribution in [1.29, 1.82) is 0 Å². The lowest BCUT2D eigenvalue weighted by molar-refractivity contribution is 0.307. The number of ether oxygens (including phenoxy) is 1. The van der Waals surface area contributed by atoms with Gasteiger partial charge in [0.2, 0.25) is 5.88 Å². The van der Waals surface area contributed by atoms with Crippen LogP contribution in [0.1, 0.15) is 6.92 Å². The Hall–Kier alpha value is -1.13. The molecular formula is C13H15BrN2O. The molecular weight excluding hydrogens is 280 g/mol. The Morgan fingerprint density at radius 2 is 2.18 bits per heavy atom. The number of likely N-dealkylation sites (N-methyl/N-ethyl adjacent to an activating group) is 1. The molecule has 0 atom stereocenters. The second kappa shape index (κ2) is 5.98. The Kier molecular flexibility index (Phi) is 4.34. The first-order valence-corrected chi connectivity index (χ1v) is 6.49. The van der Waals surface area contributed by atoms with Gasteiger partial charge in [0.15, 0.2) is 0 Å². The van der Waals surface area contributed by atoms with Crippen molar-refractivity contribution in [3.8, 4) is 5.88 Å². The number of nitrogens with zero attached hydrogens (tertiary/aromatic N) is 1. The fourth-order valence-corrected chi connectivity index (χ4v) is 2.15. The summed E-state index contributed by atoms with van der Waals surface area (Å²) in [6.45, 7) is 4.50. The molecule has 4 heteroatoms. The predicted molar refractivity (Wildman–Crippen MR) is 73.5 cm³/mol. The number of fused-ring (bicyclic) bond motifs is 1. The van der Waals surface area contributed by atoms with Crippen molar-refractivity contribution < 1.29 is 4.74 Å². The average Bonchev–Trinajstić information content (AvgIpc) is 2.36. The third kappa shape index (κ3) is 2.96. The summed E-state index contributed by atoms with van der Waals surface area (Å²) < 4.78 is 6.75. The molecule has 1 N–H and O–H groups in total. The number of rotatable bonds is 5. The van der Waals surface area contributed by atoms with E-state index >= 15 is 0 Å². The number of nitrogens with one attached hydrogen (secondary N) is 1. The lowest BCUT2D eigenvalue weighted by Crippen LogP contribution is -2.20. The highest BCUT2D eigenvalue weighted by atomic mass is 79.9. The summed E-state index contributed by atoms with van der Waals surface area (Å²) in [4.78, 5) is 4.27. The number of halogens is 1. The quantitative estimate of drug-likeness (QED) is 0.861. The number of hydrogen-bond acceptors (Lipinski definition) is 3. The van der Waals surface area contributed by atoms with Crippen LogP contribution in [0.15, 0.2) is 34.9 Å². The van der Waals surface area contributed by atoms with Gasteiger partial charge in [-0.2, -0.15) is 0 Å². The van der Waals surface area contributed by atoms with E-state index in [1.807, 2.05) is 24.3 Å². The molecule has 0 unspecified atom stereocenters. The van der Waals surface area contributed by atoms with Gasteiger partial charge in [-0.1, -0.05) is 28.9 Å². The van der Waals surface area contributed by atoms with Crippen LogP contribution in [0.25, 0.3) is 10.8 Å². The largest absolute Gasteiger partial charge is 0.476 e. The zero-order chi connectivity index (χ0) is 12.1. The van der Waals surface area contributed by atoms with E-state index in [4.69, 9.17) is 4.74 Å². The van der Waals surface area contributed by atoms with Gasteiger partial charge in [-0.05, 0) is 24.7 Å². The molecule has 2 aromatic rings. The van der Waals surface area contributed by atoms with E-state index in [0.717, 1.165) is 28.3 Å². The third-order valence-electron chi connectivity index (χ3n) is 2.48. The molecule has 2 rings (SSSR count). The summed E-state index contributed by atoms with van der Waals surface area (Å²) in [7, 11) is 0. The molecule has 1 aromatic carbocycles. The first-order chi connectivity index (χ1) is 8.33. The predicted octanol–water partition coefficient (Wildman–Crippen LogP) is 2.99. The summed E-state index contributed by atoms with van der Waals surface area (Å²) >= 11 is 3.53. The minimum Gasteiger partial charge on any atom is -0.476 e. The smallest absolute Gasteiger partial charge is 0.221 e. The zero-order valence-electron chi connectivity index (χ0n) is 9.74. The molecule has 1 aromatic heterocycles. The summed E-state index contributed by atoms with van der Waals surface area (Å²) in [5.41, 5.74) is 0. The molecule has 0 aliphatic carbocycles. The molecule has 0 aliphatic rings. The van der Waals surface area contributed by atoms with Crippen LogP contribution in [-0.2, 0) is 0 Å². The molecule has 3 nitrogen and oxygen atoms in total. The van der Waals surface area contributed by atoms with Crippen LogP contribution < -0.4 is 10.1 Å². The minimum atomic E-state index is 0.631. The summed E-state index contributed by atoms with van der Waals surface area (Å²) in [6.07, 6.45) is 1.77. The zero-order valence-corrected chi connectivity index (χ0v) is 11.3. The maximum atomic E-state index is 5.68. The van der Waals surface area contributed by atoms with E-state index in [0.29, 0.717) is 12.5 Å². The fraction of sp³-hybridized carbons (Fsp3) is 0.308. The minimum absolute atomic E-state index is 0.631. The number of pyridine rings is 1. The van der Waals surface area contributed by atoms with Crippen LogP contribution in [0, 0.1) is 0 Å². The van der Waals surface area contributed by atoms with E-state index in [1.54, 1.807) is 6.20 Å². The first-order valence-electron chi connectivity index (χ1n) is 5.69. The second-order valence-corrected chi connectivity index (χ2v) is 4.51. The maximum absolute atomic E-state index is 5.68. The Labute approximate surface area is 109 Å². The number of aromatic nitrogens is 1. The molecule has 0 saturated heterocycles. The van der Waals surface area contributed by atoms with Crippen molar-refractivity contribution in [2.75, 3.05) is 19.7 Å². The molecule has 90 valence electrons. The van der Waals surface area contributed by atoms with E-state index < -0.39 is 0 Å². The summed E-state index contributed by atoms with van der Waals surface area (Å²) in [5.74, 6) is 0.696. The molecule has 0 amide bonds. The molecule has 0 bridgehead atoms. The number of benzene rings is 1. The Balaban J connectivity index is 2.19. The van der Waals surface area contributed by atoms with Gasteiger partial charge in [-0.25, -0.2) is 4.98 Å². The normalized spacial score (nSPS) is 10.7. The first kappa shape index (κ1) is 12.3. The number of hydrogen-bond donors (Lipinski definition) is 1. The van der Waals surface area contributed by atoms with Crippen LogP contribution in [0.4, 0.5) is 0 Å². The van der Waals surface area contributed by atoms with Crippen molar-refractivity contribution in [1.82, 2.24) is 10.3 Å². The van der Waals surface area contributed by atoms with E-state index in [2.05, 4.69) is 33.2 Å². The Morgan fingerprint density at radius 3 is 3.00 bits per heavy atom. The monoisotopic (exact) mass is 294 g/mol. The molecule has 0 radical (unpaired) electrons. The molecule has 0 fully saturated rings. The van der Waals surface area contributed by atoms with Crippen molar-refractivity contribution in [2.45, 2.75) is 6.92 Å². The van der Waals surface area contributed by atoms with Gasteiger partial charge in [0.25, 0.3) is 0 Å².